The molecule has 10 nitrogen and oxygen atoms in total. The Morgan fingerprint density at radius 1 is 1.00 bits per heavy atom. The lowest BCUT2D eigenvalue weighted by atomic mass is 9.86. The number of hydrogen-bond donors (Lipinski definition) is 1. The Morgan fingerprint density at radius 2 is 1.78 bits per heavy atom. The molecular weight excluding hydrogens is 568 g/mol. The fourth-order valence-electron chi connectivity index (χ4n) is 5.91. The van der Waals surface area contributed by atoms with E-state index in [1.807, 2.05) is 72.5 Å². The van der Waals surface area contributed by atoms with Crippen molar-refractivity contribution in [2.45, 2.75) is 32.6 Å². The minimum Gasteiger partial charge on any atom is -0.492 e. The van der Waals surface area contributed by atoms with E-state index in [0.29, 0.717) is 61.3 Å². The largest absolute Gasteiger partial charge is 0.492 e. The molecule has 5 aromatic rings. The summed E-state index contributed by atoms with van der Waals surface area (Å²) in [6.45, 7) is 9.19. The van der Waals surface area contributed by atoms with Gasteiger partial charge >= 0.3 is 0 Å². The molecule has 2 aromatic heterocycles. The molecule has 2 aliphatic heterocycles. The highest BCUT2D eigenvalue weighted by atomic mass is 16.5. The average Bonchev–Trinajstić information content (AvgIpc) is 3.66. The van der Waals surface area contributed by atoms with E-state index in [1.165, 1.54) is 0 Å². The van der Waals surface area contributed by atoms with Crippen LogP contribution < -0.4 is 10.1 Å². The minimum atomic E-state index is -0.0581. The normalized spacial score (nSPS) is 15.5. The number of benzene rings is 3. The Kier molecular flexibility index (Phi) is 7.29. The van der Waals surface area contributed by atoms with Crippen LogP contribution in [0.15, 0.2) is 73.1 Å². The van der Waals surface area contributed by atoms with Crippen LogP contribution in [0.2, 0.25) is 0 Å². The van der Waals surface area contributed by atoms with E-state index in [1.54, 1.807) is 16.9 Å². The molecule has 0 saturated carbocycles. The molecular formula is C35H34N6O4. The van der Waals surface area contributed by atoms with Crippen LogP contribution >= 0.6 is 0 Å². The second kappa shape index (κ2) is 11.4. The first-order chi connectivity index (χ1) is 21.8. The maximum Gasteiger partial charge on any atom is 0.254 e. The second-order valence-electron chi connectivity index (χ2n) is 12.2. The van der Waals surface area contributed by atoms with Crippen molar-refractivity contribution in [1.29, 1.82) is 0 Å². The number of carbonyl (C=O) groups excluding carboxylic acids is 2. The van der Waals surface area contributed by atoms with E-state index in [9.17, 15) is 9.59 Å². The van der Waals surface area contributed by atoms with Gasteiger partial charge in [-0.2, -0.15) is 0 Å². The maximum atomic E-state index is 13.4. The number of nitrogens with one attached hydrogen (secondary N) is 1. The van der Waals surface area contributed by atoms with E-state index in [4.69, 9.17) is 19.6 Å². The first kappa shape index (κ1) is 28.7. The number of nitrogens with zero attached hydrogens (tertiary/aromatic N) is 5. The van der Waals surface area contributed by atoms with Crippen LogP contribution in [0, 0.1) is 6.92 Å². The van der Waals surface area contributed by atoms with E-state index in [-0.39, 0.29) is 23.5 Å². The van der Waals surface area contributed by atoms with E-state index < -0.39 is 0 Å². The predicted molar refractivity (Wildman–Crippen MR) is 170 cm³/mol. The zero-order valence-electron chi connectivity index (χ0n) is 25.5. The van der Waals surface area contributed by atoms with E-state index in [0.717, 1.165) is 33.7 Å². The standard InChI is InChI=1S/C35H34N6O4/c1-22-24(19-29(42)25-9-12-28-30(20-25)45-21-35(28,2)3)5-4-6-27(22)31-38-32(33-36-13-14-41(33)39-31)37-26-10-7-23(8-11-26)34(43)40-15-17-44-18-16-40/h4-14,20H,15-19,21H2,1-3H3,(H,37,38,39). The Morgan fingerprint density at radius 3 is 2.58 bits per heavy atom. The number of ether oxygens (including phenoxy) is 2. The number of hydrogen-bond acceptors (Lipinski definition) is 8. The summed E-state index contributed by atoms with van der Waals surface area (Å²) in [7, 11) is 0. The van der Waals surface area contributed by atoms with Gasteiger partial charge in [-0.1, -0.05) is 44.2 Å². The molecule has 0 bridgehead atoms. The SMILES string of the molecule is Cc1c(CC(=O)c2ccc3c(c2)OCC3(C)C)cccc1-c1nc(Nc2ccc(C(=O)N3CCOCC3)cc2)c2nccn2n1. The highest BCUT2D eigenvalue weighted by Crippen LogP contribution is 2.39. The summed E-state index contributed by atoms with van der Waals surface area (Å²) in [6, 6.07) is 19.0. The fourth-order valence-corrected chi connectivity index (χ4v) is 5.91. The first-order valence-corrected chi connectivity index (χ1v) is 15.1. The minimum absolute atomic E-state index is 0.00730. The monoisotopic (exact) mass is 602 g/mol. The molecule has 3 aromatic carbocycles. The number of ketones is 1. The summed E-state index contributed by atoms with van der Waals surface area (Å²) in [5.41, 5.74) is 6.32. The molecule has 7 rings (SSSR count). The van der Waals surface area contributed by atoms with Gasteiger partial charge in [-0.15, -0.1) is 5.10 Å². The van der Waals surface area contributed by atoms with Crippen LogP contribution in [-0.4, -0.2) is 69.1 Å². The number of anilines is 2. The van der Waals surface area contributed by atoms with Gasteiger partial charge in [-0.05, 0) is 48.4 Å². The number of aromatic nitrogens is 4. The first-order valence-electron chi connectivity index (χ1n) is 15.1. The number of fused-ring (bicyclic) bond motifs is 2. The van der Waals surface area contributed by atoms with Gasteiger partial charge in [-0.25, -0.2) is 14.5 Å². The molecule has 4 heterocycles. The Bertz CT molecular complexity index is 1930. The maximum absolute atomic E-state index is 13.4. The summed E-state index contributed by atoms with van der Waals surface area (Å²) < 4.78 is 12.9. The number of imidazole rings is 1. The van der Waals surface area contributed by atoms with Crippen molar-refractivity contribution in [2.75, 3.05) is 38.2 Å². The van der Waals surface area contributed by atoms with Gasteiger partial charge in [0.1, 0.15) is 5.75 Å². The van der Waals surface area contributed by atoms with Crippen LogP contribution in [0.4, 0.5) is 11.5 Å². The molecule has 0 spiro atoms. The molecule has 228 valence electrons. The van der Waals surface area contributed by atoms with E-state index in [2.05, 4.69) is 24.1 Å². The van der Waals surface area contributed by atoms with Crippen molar-refractivity contribution in [3.8, 4) is 17.1 Å². The van der Waals surface area contributed by atoms with Gasteiger partial charge in [-0.3, -0.25) is 9.59 Å². The number of carbonyl (C=O) groups is 2. The summed E-state index contributed by atoms with van der Waals surface area (Å²) in [5.74, 6) is 1.83. The van der Waals surface area contributed by atoms with E-state index >= 15 is 0 Å². The zero-order chi connectivity index (χ0) is 31.1. The second-order valence-corrected chi connectivity index (χ2v) is 12.2. The molecule has 0 atom stereocenters. The highest BCUT2D eigenvalue weighted by Gasteiger charge is 2.32. The Labute approximate surface area is 261 Å². The van der Waals surface area contributed by atoms with Crippen molar-refractivity contribution in [3.63, 3.8) is 0 Å². The van der Waals surface area contributed by atoms with Crippen molar-refractivity contribution >= 4 is 28.8 Å². The Hall–Kier alpha value is -5.09. The summed E-state index contributed by atoms with van der Waals surface area (Å²) in [5, 5.41) is 8.09. The topological polar surface area (TPSA) is 111 Å². The fraction of sp³-hybridized carbons (Fsp3) is 0.286. The van der Waals surface area contributed by atoms with Gasteiger partial charge in [0.05, 0.1) is 19.8 Å². The lowest BCUT2D eigenvalue weighted by Gasteiger charge is -2.26. The molecule has 10 heteroatoms. The van der Waals surface area contributed by atoms with Crippen molar-refractivity contribution in [3.05, 3.63) is 101 Å². The highest BCUT2D eigenvalue weighted by molar-refractivity contribution is 5.98. The van der Waals surface area contributed by atoms with Crippen LogP contribution in [0.1, 0.15) is 51.3 Å². The molecule has 1 saturated heterocycles. The molecule has 1 fully saturated rings. The molecule has 45 heavy (non-hydrogen) atoms. The van der Waals surface area contributed by atoms with Gasteiger partial charge in [0, 0.05) is 65.3 Å². The molecule has 0 unspecified atom stereocenters. The number of rotatable bonds is 7. The zero-order valence-corrected chi connectivity index (χ0v) is 25.5. The predicted octanol–water partition coefficient (Wildman–Crippen LogP) is 5.41. The van der Waals surface area contributed by atoms with Crippen LogP contribution in [0.25, 0.3) is 17.0 Å². The summed E-state index contributed by atoms with van der Waals surface area (Å²) in [6.07, 6.45) is 3.69. The van der Waals surface area contributed by atoms with Gasteiger partial charge < -0.3 is 19.7 Å². The lowest BCUT2D eigenvalue weighted by Crippen LogP contribution is -2.40. The van der Waals surface area contributed by atoms with Crippen LogP contribution in [-0.2, 0) is 16.6 Å². The number of Topliss-reactive ketones (excluding diaryl/α,β-unsaturated/α-hetero) is 1. The third kappa shape index (κ3) is 5.53. The molecule has 2 aliphatic rings. The van der Waals surface area contributed by atoms with Crippen molar-refractivity contribution in [2.24, 2.45) is 0 Å². The molecule has 1 amide bonds. The summed E-state index contributed by atoms with van der Waals surface area (Å²) >= 11 is 0. The lowest BCUT2D eigenvalue weighted by molar-refractivity contribution is 0.0303. The van der Waals surface area contributed by atoms with Gasteiger partial charge in [0.25, 0.3) is 5.91 Å². The smallest absolute Gasteiger partial charge is 0.254 e. The van der Waals surface area contributed by atoms with Crippen LogP contribution in [0.3, 0.4) is 0 Å². The van der Waals surface area contributed by atoms with Crippen molar-refractivity contribution in [1.82, 2.24) is 24.5 Å². The number of morpholine rings is 1. The summed E-state index contributed by atoms with van der Waals surface area (Å²) in [4.78, 5) is 37.4. The van der Waals surface area contributed by atoms with Crippen molar-refractivity contribution < 1.29 is 19.1 Å². The molecule has 0 radical (unpaired) electrons. The average molecular weight is 603 g/mol. The third-order valence-corrected chi connectivity index (χ3v) is 8.61. The Balaban J connectivity index is 1.13. The van der Waals surface area contributed by atoms with Gasteiger partial charge in [0.15, 0.2) is 23.1 Å². The van der Waals surface area contributed by atoms with Crippen LogP contribution in [0.5, 0.6) is 5.75 Å². The third-order valence-electron chi connectivity index (χ3n) is 8.61. The quantitative estimate of drug-likeness (QED) is 0.246. The molecule has 1 N–H and O–H groups in total. The van der Waals surface area contributed by atoms with Gasteiger partial charge in [0.2, 0.25) is 0 Å². The number of amides is 1. The molecule has 0 aliphatic carbocycles.